The van der Waals surface area contributed by atoms with E-state index in [2.05, 4.69) is 5.32 Å². The van der Waals surface area contributed by atoms with Gasteiger partial charge in [-0.25, -0.2) is 4.79 Å². The van der Waals surface area contributed by atoms with Gasteiger partial charge in [-0.15, -0.1) is 0 Å². The Morgan fingerprint density at radius 3 is 2.47 bits per heavy atom. The number of nitrogens with one attached hydrogen (secondary N) is 1. The number of esters is 2. The summed E-state index contributed by atoms with van der Waals surface area (Å²) in [7, 11) is 0. The normalized spacial score (nSPS) is 14.4. The summed E-state index contributed by atoms with van der Waals surface area (Å²) in [4.78, 5) is 36.9. The van der Waals surface area contributed by atoms with Crippen LogP contribution in [0.2, 0.25) is 0 Å². The molecule has 2 rings (SSSR count). The summed E-state index contributed by atoms with van der Waals surface area (Å²) in [5, 5.41) is 2.71. The molecule has 0 radical (unpaired) electrons. The molecule has 1 amide bonds. The second-order valence-electron chi connectivity index (χ2n) is 8.26. The topological polar surface area (TPSA) is 81.7 Å². The Morgan fingerprint density at radius 2 is 1.83 bits per heavy atom. The number of carbonyl (C=O) groups is 3. The SMILES string of the molecule is CC(C)(C)OC(=O)CCC(=O)N[C@@H](Cc1ccccc1)C(=O)OCC1=CCCC=C1.[HH]. The fraction of sp³-hybridized carbons (Fsp3) is 0.458. The van der Waals surface area contributed by atoms with Crippen LogP contribution in [0.25, 0.3) is 0 Å². The number of allylic oxidation sites excluding steroid dienone is 2. The molecule has 1 aromatic rings. The highest BCUT2D eigenvalue weighted by Gasteiger charge is 2.24. The lowest BCUT2D eigenvalue weighted by Gasteiger charge is -2.20. The molecule has 0 bridgehead atoms. The molecule has 0 saturated carbocycles. The van der Waals surface area contributed by atoms with Gasteiger partial charge in [0.15, 0.2) is 0 Å². The minimum Gasteiger partial charge on any atom is -0.460 e. The van der Waals surface area contributed by atoms with E-state index in [1.54, 1.807) is 20.8 Å². The zero-order chi connectivity index (χ0) is 22.0. The summed E-state index contributed by atoms with van der Waals surface area (Å²) >= 11 is 0. The molecule has 30 heavy (non-hydrogen) atoms. The van der Waals surface area contributed by atoms with Crippen LogP contribution in [0, 0.1) is 0 Å². The van der Waals surface area contributed by atoms with Gasteiger partial charge in [0.1, 0.15) is 18.2 Å². The molecule has 1 aliphatic rings. The van der Waals surface area contributed by atoms with E-state index in [9.17, 15) is 14.4 Å². The maximum absolute atomic E-state index is 12.7. The Kier molecular flexibility index (Phi) is 8.84. The van der Waals surface area contributed by atoms with Crippen molar-refractivity contribution in [1.29, 1.82) is 0 Å². The molecule has 0 spiro atoms. The van der Waals surface area contributed by atoms with Crippen LogP contribution in [-0.4, -0.2) is 36.1 Å². The smallest absolute Gasteiger partial charge is 0.329 e. The fourth-order valence-electron chi connectivity index (χ4n) is 2.95. The van der Waals surface area contributed by atoms with Gasteiger partial charge >= 0.3 is 11.9 Å². The van der Waals surface area contributed by atoms with Gasteiger partial charge in [0.25, 0.3) is 0 Å². The van der Waals surface area contributed by atoms with Gasteiger partial charge in [-0.2, -0.15) is 0 Å². The fourth-order valence-corrected chi connectivity index (χ4v) is 2.95. The lowest BCUT2D eigenvalue weighted by atomic mass is 10.1. The van der Waals surface area contributed by atoms with Crippen LogP contribution in [0.5, 0.6) is 0 Å². The quantitative estimate of drug-likeness (QED) is 0.619. The van der Waals surface area contributed by atoms with Gasteiger partial charge in [-0.1, -0.05) is 48.6 Å². The van der Waals surface area contributed by atoms with E-state index in [1.165, 1.54) is 0 Å². The van der Waals surface area contributed by atoms with E-state index in [0.717, 1.165) is 24.0 Å². The van der Waals surface area contributed by atoms with Crippen LogP contribution >= 0.6 is 0 Å². The van der Waals surface area contributed by atoms with Crippen LogP contribution in [-0.2, 0) is 30.3 Å². The van der Waals surface area contributed by atoms with Crippen molar-refractivity contribution in [2.75, 3.05) is 6.61 Å². The van der Waals surface area contributed by atoms with E-state index in [0.29, 0.717) is 6.42 Å². The van der Waals surface area contributed by atoms with Crippen molar-refractivity contribution < 1.29 is 25.3 Å². The molecule has 0 aromatic heterocycles. The molecular formula is C24H33NO5. The molecule has 164 valence electrons. The summed E-state index contributed by atoms with van der Waals surface area (Å²) in [6.07, 6.45) is 8.16. The average Bonchev–Trinajstić information content (AvgIpc) is 2.70. The van der Waals surface area contributed by atoms with E-state index >= 15 is 0 Å². The summed E-state index contributed by atoms with van der Waals surface area (Å²) in [6.45, 7) is 5.49. The first kappa shape index (κ1) is 23.4. The highest BCUT2D eigenvalue weighted by atomic mass is 16.6. The number of rotatable bonds is 9. The first-order valence-electron chi connectivity index (χ1n) is 10.3. The summed E-state index contributed by atoms with van der Waals surface area (Å²) in [5.74, 6) is -1.34. The van der Waals surface area contributed by atoms with Gasteiger partial charge in [0, 0.05) is 14.3 Å². The number of amides is 1. The Balaban J connectivity index is 0.00000480. The summed E-state index contributed by atoms with van der Waals surface area (Å²) in [5.41, 5.74) is 1.25. The molecule has 1 atom stereocenters. The third kappa shape index (κ3) is 9.07. The standard InChI is InChI=1S/C24H31NO5.H2/c1-24(2,3)30-22(27)15-14-21(26)25-20(16-18-10-6-4-7-11-18)23(28)29-17-19-12-8-5-9-13-19;/h4,6-8,10-13,20H,5,9,14-17H2,1-3H3,(H,25,26);1H/t20-;/m0./s1. The number of hydrogen-bond donors (Lipinski definition) is 1. The Morgan fingerprint density at radius 1 is 1.10 bits per heavy atom. The van der Waals surface area contributed by atoms with Crippen molar-refractivity contribution in [3.8, 4) is 0 Å². The third-order valence-corrected chi connectivity index (χ3v) is 4.33. The third-order valence-electron chi connectivity index (χ3n) is 4.33. The average molecular weight is 416 g/mol. The van der Waals surface area contributed by atoms with E-state index in [1.807, 2.05) is 48.6 Å². The van der Waals surface area contributed by atoms with E-state index in [-0.39, 0.29) is 20.9 Å². The van der Waals surface area contributed by atoms with Crippen molar-refractivity contribution in [3.05, 3.63) is 59.7 Å². The Hall–Kier alpha value is -2.89. The predicted molar refractivity (Wildman–Crippen MR) is 117 cm³/mol. The number of carbonyl (C=O) groups excluding carboxylic acids is 3. The lowest BCUT2D eigenvalue weighted by molar-refractivity contribution is -0.155. The van der Waals surface area contributed by atoms with Crippen LogP contribution < -0.4 is 5.32 Å². The van der Waals surface area contributed by atoms with Crippen LogP contribution in [0.4, 0.5) is 0 Å². The molecule has 1 aliphatic carbocycles. The predicted octanol–water partition coefficient (Wildman–Crippen LogP) is 3.90. The first-order chi connectivity index (χ1) is 14.2. The second-order valence-corrected chi connectivity index (χ2v) is 8.26. The Bertz CT molecular complexity index is 796. The molecule has 6 nitrogen and oxygen atoms in total. The second kappa shape index (κ2) is 11.3. The minimum atomic E-state index is -0.827. The van der Waals surface area contributed by atoms with Crippen molar-refractivity contribution in [2.45, 2.75) is 64.5 Å². The molecule has 0 aliphatic heterocycles. The molecule has 6 heteroatoms. The van der Waals surface area contributed by atoms with Gasteiger partial charge in [0.2, 0.25) is 5.91 Å². The van der Waals surface area contributed by atoms with E-state index < -0.39 is 29.5 Å². The van der Waals surface area contributed by atoms with Gasteiger partial charge < -0.3 is 14.8 Å². The van der Waals surface area contributed by atoms with Crippen molar-refractivity contribution >= 4 is 17.8 Å². The van der Waals surface area contributed by atoms with Crippen LogP contribution in [0.15, 0.2) is 54.1 Å². The monoisotopic (exact) mass is 415 g/mol. The highest BCUT2D eigenvalue weighted by Crippen LogP contribution is 2.12. The molecular weight excluding hydrogens is 382 g/mol. The molecule has 0 saturated heterocycles. The van der Waals surface area contributed by atoms with Gasteiger partial charge in [-0.05, 0) is 44.7 Å². The van der Waals surface area contributed by atoms with Crippen molar-refractivity contribution in [1.82, 2.24) is 5.32 Å². The maximum Gasteiger partial charge on any atom is 0.329 e. The number of benzene rings is 1. The maximum atomic E-state index is 12.7. The highest BCUT2D eigenvalue weighted by molar-refractivity contribution is 5.86. The molecule has 1 aromatic carbocycles. The molecule has 0 fully saturated rings. The van der Waals surface area contributed by atoms with E-state index in [4.69, 9.17) is 9.47 Å². The van der Waals surface area contributed by atoms with Crippen molar-refractivity contribution in [2.24, 2.45) is 0 Å². The zero-order valence-corrected chi connectivity index (χ0v) is 18.0. The van der Waals surface area contributed by atoms with Crippen LogP contribution in [0.1, 0.15) is 53.4 Å². The number of hydrogen-bond acceptors (Lipinski definition) is 5. The van der Waals surface area contributed by atoms with Gasteiger partial charge in [0.05, 0.1) is 6.42 Å². The summed E-state index contributed by atoms with van der Waals surface area (Å²) < 4.78 is 10.7. The molecule has 0 unspecified atom stereocenters. The van der Waals surface area contributed by atoms with Gasteiger partial charge in [-0.3, -0.25) is 9.59 Å². The largest absolute Gasteiger partial charge is 0.460 e. The zero-order valence-electron chi connectivity index (χ0n) is 18.0. The van der Waals surface area contributed by atoms with Crippen molar-refractivity contribution in [3.63, 3.8) is 0 Å². The minimum absolute atomic E-state index is 0. The van der Waals surface area contributed by atoms with Crippen LogP contribution in [0.3, 0.4) is 0 Å². The summed E-state index contributed by atoms with van der Waals surface area (Å²) in [6, 6.07) is 8.59. The lowest BCUT2D eigenvalue weighted by Crippen LogP contribution is -2.43. The molecule has 1 N–H and O–H groups in total. The Labute approximate surface area is 179 Å². The molecule has 0 heterocycles. The first-order valence-corrected chi connectivity index (χ1v) is 10.3. The number of ether oxygens (including phenoxy) is 2.